The fraction of sp³-hybridized carbons (Fsp3) is 0. The number of rotatable bonds is 4. The van der Waals surface area contributed by atoms with Gasteiger partial charge in [-0.3, -0.25) is 14.4 Å². The zero-order valence-corrected chi connectivity index (χ0v) is 24.5. The number of hydrogen-bond acceptors (Lipinski definition) is 4. The highest BCUT2D eigenvalue weighted by molar-refractivity contribution is 7.58. The summed E-state index contributed by atoms with van der Waals surface area (Å²) in [5, 5.41) is 16.5. The molecule has 0 fully saturated rings. The summed E-state index contributed by atoms with van der Waals surface area (Å²) >= 11 is 3.36. The number of allylic oxidation sites excluding steroid dienone is 9. The van der Waals surface area contributed by atoms with Gasteiger partial charge in [-0.15, -0.1) is 0 Å². The van der Waals surface area contributed by atoms with Gasteiger partial charge in [-0.25, -0.2) is 0 Å². The largest absolute Gasteiger partial charge is 0.872 e. The Morgan fingerprint density at radius 1 is 0.500 bits per heavy atom. The lowest BCUT2D eigenvalue weighted by atomic mass is 10.0. The molecule has 0 saturated carbocycles. The van der Waals surface area contributed by atoms with Gasteiger partial charge < -0.3 is 5.11 Å². The van der Waals surface area contributed by atoms with Gasteiger partial charge in [-0.1, -0.05) is 109 Å². The molecule has 212 valence electrons. The summed E-state index contributed by atoms with van der Waals surface area (Å²) in [5.41, 5.74) is 1.98. The first kappa shape index (κ1) is 28.6. The Morgan fingerprint density at radius 3 is 1.43 bits per heavy atom. The van der Waals surface area contributed by atoms with E-state index in [4.69, 9.17) is 0 Å². The van der Waals surface area contributed by atoms with Crippen molar-refractivity contribution in [3.05, 3.63) is 179 Å². The van der Waals surface area contributed by atoms with Gasteiger partial charge in [0.15, 0.2) is 17.3 Å². The Balaban J connectivity index is 0.000000433. The number of fused-ring (bicyclic) bond motifs is 4. The van der Waals surface area contributed by atoms with Crippen LogP contribution in [-0.2, 0) is 12.6 Å². The second-order valence-electron chi connectivity index (χ2n) is 10.3. The molecule has 5 heteroatoms. The molecule has 0 N–H and O–H groups in total. The lowest BCUT2D eigenvalue weighted by Crippen LogP contribution is -2.02. The van der Waals surface area contributed by atoms with Crippen LogP contribution in [-0.4, -0.2) is 17.3 Å². The molecule has 0 saturated heterocycles. The van der Waals surface area contributed by atoms with Crippen molar-refractivity contribution < 1.29 is 19.5 Å². The second kappa shape index (κ2) is 12.4. The summed E-state index contributed by atoms with van der Waals surface area (Å²) in [7, 11) is 0. The van der Waals surface area contributed by atoms with Crippen LogP contribution in [0, 0.1) is 0 Å². The maximum absolute atomic E-state index is 12.8. The van der Waals surface area contributed by atoms with Crippen LogP contribution in [0.1, 0.15) is 36.6 Å². The Labute approximate surface area is 260 Å². The van der Waals surface area contributed by atoms with Crippen LogP contribution in [0.25, 0.3) is 27.3 Å². The quantitative estimate of drug-likeness (QED) is 0.0979. The van der Waals surface area contributed by atoms with Crippen LogP contribution in [0.2, 0.25) is 0 Å². The lowest BCUT2D eigenvalue weighted by molar-refractivity contribution is -0.244. The summed E-state index contributed by atoms with van der Waals surface area (Å²) < 4.78 is 0. The van der Waals surface area contributed by atoms with E-state index in [1.165, 1.54) is 12.2 Å². The van der Waals surface area contributed by atoms with E-state index in [9.17, 15) is 19.5 Å². The highest BCUT2D eigenvalue weighted by atomic mass is 32.1. The van der Waals surface area contributed by atoms with Crippen LogP contribution in [0.15, 0.2) is 162 Å². The van der Waals surface area contributed by atoms with Gasteiger partial charge in [0, 0.05) is 22.3 Å². The van der Waals surface area contributed by atoms with Gasteiger partial charge in [0.1, 0.15) is 4.90 Å². The summed E-state index contributed by atoms with van der Waals surface area (Å²) in [5.74, 6) is -1.11. The maximum Gasteiger partial charge on any atom is 0.197 e. The van der Waals surface area contributed by atoms with Gasteiger partial charge >= 0.3 is 0 Å². The number of carbonyl (C=O) groups excluding carboxylic acids is 3. The van der Waals surface area contributed by atoms with Gasteiger partial charge in [-0.05, 0) is 82.2 Å². The molecular formula is C39H26O4S. The third-order valence-electron chi connectivity index (χ3n) is 7.47. The predicted molar refractivity (Wildman–Crippen MR) is 178 cm³/mol. The topological polar surface area (TPSA) is 74.3 Å². The third-order valence-corrected chi connectivity index (χ3v) is 7.81. The smallest absolute Gasteiger partial charge is 0.197 e. The van der Waals surface area contributed by atoms with E-state index in [0.717, 1.165) is 26.4 Å². The van der Waals surface area contributed by atoms with Gasteiger partial charge in [-0.2, -0.15) is 0 Å². The van der Waals surface area contributed by atoms with Gasteiger partial charge in [0.25, 0.3) is 0 Å². The Kier molecular flexibility index (Phi) is 8.04. The predicted octanol–water partition coefficient (Wildman–Crippen LogP) is 6.99. The van der Waals surface area contributed by atoms with E-state index in [1.807, 2.05) is 78.9 Å². The fourth-order valence-corrected chi connectivity index (χ4v) is 5.45. The van der Waals surface area contributed by atoms with Crippen molar-refractivity contribution in [2.45, 2.75) is 4.90 Å². The van der Waals surface area contributed by atoms with E-state index in [-0.39, 0.29) is 34.3 Å². The van der Waals surface area contributed by atoms with Crippen molar-refractivity contribution in [3.63, 3.8) is 0 Å². The molecule has 7 rings (SSSR count). The van der Waals surface area contributed by atoms with Crippen molar-refractivity contribution in [2.75, 3.05) is 0 Å². The number of benzene rings is 5. The van der Waals surface area contributed by atoms with E-state index in [1.54, 1.807) is 54.6 Å². The molecule has 2 aliphatic rings. The molecule has 4 nitrogen and oxygen atoms in total. The number of carbonyl (C=O) groups is 3. The minimum Gasteiger partial charge on any atom is -0.872 e. The number of hydrogen-bond donors (Lipinski definition) is 0. The summed E-state index contributed by atoms with van der Waals surface area (Å²) in [6.07, 6.45) is 11.4. The van der Waals surface area contributed by atoms with Crippen LogP contribution in [0.3, 0.4) is 0 Å². The van der Waals surface area contributed by atoms with Crippen molar-refractivity contribution in [2.24, 2.45) is 0 Å². The molecule has 0 aromatic heterocycles. The van der Waals surface area contributed by atoms with Gasteiger partial charge in [0.05, 0.1) is 5.57 Å². The Morgan fingerprint density at radius 2 is 0.932 bits per heavy atom. The molecule has 0 spiro atoms. The molecule has 0 atom stereocenters. The van der Waals surface area contributed by atoms with E-state index in [0.29, 0.717) is 22.3 Å². The SMILES string of the molecule is O=C1C(=C/C=C/C=C/C=C/C2=C([O-])c3cc4ccccc4cc3C2=O)C(=O)c2cc3ccccc3cc21.[SH2+]c1ccccc1. The monoisotopic (exact) mass is 590 g/mol. The first-order chi connectivity index (χ1) is 21.4. The van der Waals surface area contributed by atoms with Gasteiger partial charge in [0.2, 0.25) is 0 Å². The van der Waals surface area contributed by atoms with Crippen LogP contribution < -0.4 is 5.11 Å². The molecule has 0 unspecified atom stereocenters. The lowest BCUT2D eigenvalue weighted by Gasteiger charge is -2.10. The highest BCUT2D eigenvalue weighted by Gasteiger charge is 2.32. The van der Waals surface area contributed by atoms with Crippen molar-refractivity contribution in [3.8, 4) is 0 Å². The molecular weight excluding hydrogens is 564 g/mol. The van der Waals surface area contributed by atoms with Crippen LogP contribution >= 0.6 is 0 Å². The van der Waals surface area contributed by atoms with E-state index < -0.39 is 0 Å². The molecule has 0 heterocycles. The molecule has 44 heavy (non-hydrogen) atoms. The standard InChI is InChI=1S/C33H20O4.C6H6S/c34-30-24(31(35)27-17-21-11-7-6-10-20(21)16-26(27)30)14-4-2-1-3-5-15-25-32(36)28-18-22-12-8-9-13-23(22)19-29(28)33(25)37;7-6-4-2-1-3-5-6/h1-19,34H;1-5,7H/b2-1+,5-3+,14-4+;. The normalized spacial score (nSPS) is 14.3. The molecule has 2 aliphatic carbocycles. The zero-order valence-electron chi connectivity index (χ0n) is 23.5. The van der Waals surface area contributed by atoms with Crippen LogP contribution in [0.5, 0.6) is 0 Å². The fourth-order valence-electron chi connectivity index (χ4n) is 5.26. The van der Waals surface area contributed by atoms with Crippen molar-refractivity contribution in [1.82, 2.24) is 0 Å². The van der Waals surface area contributed by atoms with Crippen molar-refractivity contribution >= 4 is 57.3 Å². The Bertz CT molecular complexity index is 2070. The molecule has 0 amide bonds. The summed E-state index contributed by atoms with van der Waals surface area (Å²) in [6.45, 7) is 0. The van der Waals surface area contributed by atoms with E-state index >= 15 is 0 Å². The minimum absolute atomic E-state index is 0.133. The number of ketones is 3. The maximum atomic E-state index is 12.8. The average molecular weight is 591 g/mol. The zero-order chi connectivity index (χ0) is 30.6. The minimum atomic E-state index is -0.277. The first-order valence-corrected chi connectivity index (χ1v) is 14.5. The first-order valence-electron chi connectivity index (χ1n) is 14.0. The molecule has 5 aromatic carbocycles. The molecule has 0 bridgehead atoms. The molecule has 0 radical (unpaired) electrons. The molecule has 0 aliphatic heterocycles. The Hall–Kier alpha value is -5.52. The second-order valence-corrected chi connectivity index (χ2v) is 10.9. The average Bonchev–Trinajstić information content (AvgIpc) is 3.42. The third kappa shape index (κ3) is 5.61. The van der Waals surface area contributed by atoms with E-state index in [2.05, 4.69) is 12.6 Å². The van der Waals surface area contributed by atoms with Crippen LogP contribution in [0.4, 0.5) is 0 Å². The summed E-state index contributed by atoms with van der Waals surface area (Å²) in [6, 6.07) is 32.3. The van der Waals surface area contributed by atoms with Crippen molar-refractivity contribution in [1.29, 1.82) is 0 Å². The summed E-state index contributed by atoms with van der Waals surface area (Å²) in [4.78, 5) is 39.5. The number of Topliss-reactive ketones (excluding diaryl/α,β-unsaturated/α-hetero) is 3. The highest BCUT2D eigenvalue weighted by Crippen LogP contribution is 2.33. The molecule has 5 aromatic rings.